The van der Waals surface area contributed by atoms with E-state index in [-0.39, 0.29) is 6.42 Å². The van der Waals surface area contributed by atoms with E-state index < -0.39 is 5.97 Å². The van der Waals surface area contributed by atoms with Crippen LogP contribution in [0, 0.1) is 0 Å². The molecular formula is C15H14O2. The summed E-state index contributed by atoms with van der Waals surface area (Å²) in [6, 6.07) is 10.6. The topological polar surface area (TPSA) is 37.3 Å². The number of carbonyl (C=O) groups is 1. The lowest BCUT2D eigenvalue weighted by Gasteiger charge is -2.07. The molecule has 0 heterocycles. The van der Waals surface area contributed by atoms with E-state index in [0.29, 0.717) is 6.42 Å². The second kappa shape index (κ2) is 3.88. The van der Waals surface area contributed by atoms with Crippen LogP contribution in [0.1, 0.15) is 23.1 Å². The minimum Gasteiger partial charge on any atom is -0.481 e. The average Bonchev–Trinajstić information content (AvgIpc) is 2.75. The van der Waals surface area contributed by atoms with Gasteiger partial charge in [0.25, 0.3) is 0 Å². The van der Waals surface area contributed by atoms with Crippen LogP contribution in [0.15, 0.2) is 30.3 Å². The summed E-state index contributed by atoms with van der Waals surface area (Å²) in [6.07, 6.45) is 3.03. The van der Waals surface area contributed by atoms with Gasteiger partial charge in [0, 0.05) is 6.42 Å². The lowest BCUT2D eigenvalue weighted by molar-refractivity contribution is -0.136. The van der Waals surface area contributed by atoms with Gasteiger partial charge in [-0.3, -0.25) is 4.79 Å². The summed E-state index contributed by atoms with van der Waals surface area (Å²) in [6.45, 7) is 0. The number of carboxylic acids is 1. The van der Waals surface area contributed by atoms with Crippen molar-refractivity contribution in [3.63, 3.8) is 0 Å². The van der Waals surface area contributed by atoms with E-state index >= 15 is 0 Å². The van der Waals surface area contributed by atoms with Gasteiger partial charge >= 0.3 is 5.97 Å². The summed E-state index contributed by atoms with van der Waals surface area (Å²) in [5.74, 6) is -0.719. The van der Waals surface area contributed by atoms with E-state index in [4.69, 9.17) is 5.11 Å². The number of rotatable bonds is 3. The van der Waals surface area contributed by atoms with E-state index in [0.717, 1.165) is 12.8 Å². The summed E-state index contributed by atoms with van der Waals surface area (Å²) < 4.78 is 0. The molecular weight excluding hydrogens is 212 g/mol. The van der Waals surface area contributed by atoms with Crippen molar-refractivity contribution in [3.8, 4) is 0 Å². The number of hydrogen-bond acceptors (Lipinski definition) is 1. The Morgan fingerprint density at radius 3 is 2.88 bits per heavy atom. The van der Waals surface area contributed by atoms with Crippen molar-refractivity contribution in [2.24, 2.45) is 0 Å². The van der Waals surface area contributed by atoms with Crippen LogP contribution in [0.4, 0.5) is 0 Å². The maximum Gasteiger partial charge on any atom is 0.303 e. The molecule has 17 heavy (non-hydrogen) atoms. The van der Waals surface area contributed by atoms with Gasteiger partial charge in [-0.25, -0.2) is 0 Å². The predicted octanol–water partition coefficient (Wildman–Crippen LogP) is 2.96. The Morgan fingerprint density at radius 1 is 1.18 bits per heavy atom. The number of hydrogen-bond donors (Lipinski definition) is 1. The molecule has 0 aromatic heterocycles. The number of aryl methyl sites for hydroxylation is 3. The lowest BCUT2D eigenvalue weighted by Crippen LogP contribution is -2.00. The molecule has 86 valence electrons. The van der Waals surface area contributed by atoms with Crippen LogP contribution in [0.5, 0.6) is 0 Å². The summed E-state index contributed by atoms with van der Waals surface area (Å²) in [4.78, 5) is 10.6. The normalized spacial score (nSPS) is 13.2. The standard InChI is InChI=1S/C15H14O2/c16-14(17)9-7-10-4-5-11-2-1-3-12-6-8-13(10)15(11)12/h1-5H,6-9H2,(H,16,17). The zero-order valence-electron chi connectivity index (χ0n) is 9.57. The van der Waals surface area contributed by atoms with Crippen LogP contribution in [-0.2, 0) is 24.1 Å². The molecule has 0 saturated heterocycles. The molecule has 0 fully saturated rings. The van der Waals surface area contributed by atoms with Crippen LogP contribution in [0.3, 0.4) is 0 Å². The molecule has 0 saturated carbocycles. The third-order valence-corrected chi connectivity index (χ3v) is 3.59. The highest BCUT2D eigenvalue weighted by Crippen LogP contribution is 2.33. The van der Waals surface area contributed by atoms with Crippen LogP contribution in [0.2, 0.25) is 0 Å². The largest absolute Gasteiger partial charge is 0.481 e. The minimum absolute atomic E-state index is 0.223. The Hall–Kier alpha value is -1.83. The van der Waals surface area contributed by atoms with Crippen molar-refractivity contribution in [3.05, 3.63) is 47.0 Å². The molecule has 0 aliphatic heterocycles. The molecule has 2 nitrogen and oxygen atoms in total. The van der Waals surface area contributed by atoms with Crippen molar-refractivity contribution in [2.45, 2.75) is 25.7 Å². The number of carboxylic acid groups (broad SMARTS) is 1. The van der Waals surface area contributed by atoms with E-state index in [9.17, 15) is 4.79 Å². The van der Waals surface area contributed by atoms with E-state index in [1.807, 2.05) is 0 Å². The van der Waals surface area contributed by atoms with Gasteiger partial charge in [-0.05, 0) is 46.7 Å². The van der Waals surface area contributed by atoms with Crippen molar-refractivity contribution >= 4 is 16.7 Å². The second-order valence-electron chi connectivity index (χ2n) is 4.61. The van der Waals surface area contributed by atoms with Crippen LogP contribution < -0.4 is 0 Å². The molecule has 0 bridgehead atoms. The van der Waals surface area contributed by atoms with Gasteiger partial charge in [0.2, 0.25) is 0 Å². The maximum atomic E-state index is 10.6. The van der Waals surface area contributed by atoms with Gasteiger partial charge in [-0.2, -0.15) is 0 Å². The first-order valence-corrected chi connectivity index (χ1v) is 6.00. The fourth-order valence-electron chi connectivity index (χ4n) is 2.81. The van der Waals surface area contributed by atoms with Crippen molar-refractivity contribution in [2.75, 3.05) is 0 Å². The first kappa shape index (κ1) is 10.3. The number of aliphatic carboxylic acids is 1. The Labute approximate surface area is 99.9 Å². The van der Waals surface area contributed by atoms with Gasteiger partial charge in [0.15, 0.2) is 0 Å². The first-order chi connectivity index (χ1) is 8.25. The van der Waals surface area contributed by atoms with Gasteiger partial charge in [-0.15, -0.1) is 0 Å². The highest BCUT2D eigenvalue weighted by atomic mass is 16.4. The quantitative estimate of drug-likeness (QED) is 0.873. The second-order valence-corrected chi connectivity index (χ2v) is 4.61. The average molecular weight is 226 g/mol. The SMILES string of the molecule is O=C(O)CCc1ccc2cccc3c2c1CC3. The zero-order chi connectivity index (χ0) is 11.8. The molecule has 0 spiro atoms. The summed E-state index contributed by atoms with van der Waals surface area (Å²) in [5.41, 5.74) is 4.00. The Kier molecular flexibility index (Phi) is 2.36. The first-order valence-electron chi connectivity index (χ1n) is 6.00. The van der Waals surface area contributed by atoms with Crippen molar-refractivity contribution in [1.82, 2.24) is 0 Å². The highest BCUT2D eigenvalue weighted by Gasteiger charge is 2.17. The third-order valence-electron chi connectivity index (χ3n) is 3.59. The summed E-state index contributed by atoms with van der Waals surface area (Å²) in [7, 11) is 0. The van der Waals surface area contributed by atoms with Gasteiger partial charge < -0.3 is 5.11 Å². The molecule has 2 aromatic rings. The third kappa shape index (κ3) is 1.70. The lowest BCUT2D eigenvalue weighted by atomic mass is 9.97. The van der Waals surface area contributed by atoms with E-state index in [1.54, 1.807) is 0 Å². The van der Waals surface area contributed by atoms with Crippen LogP contribution >= 0.6 is 0 Å². The minimum atomic E-state index is -0.719. The van der Waals surface area contributed by atoms with E-state index in [1.165, 1.54) is 27.5 Å². The molecule has 1 N–H and O–H groups in total. The molecule has 0 atom stereocenters. The molecule has 3 rings (SSSR count). The maximum absolute atomic E-state index is 10.6. The Balaban J connectivity index is 2.09. The van der Waals surface area contributed by atoms with Crippen molar-refractivity contribution < 1.29 is 9.90 Å². The molecule has 0 amide bonds. The fraction of sp³-hybridized carbons (Fsp3) is 0.267. The van der Waals surface area contributed by atoms with Crippen LogP contribution in [0.25, 0.3) is 10.8 Å². The van der Waals surface area contributed by atoms with Gasteiger partial charge in [0.1, 0.15) is 0 Å². The van der Waals surface area contributed by atoms with E-state index in [2.05, 4.69) is 30.3 Å². The summed E-state index contributed by atoms with van der Waals surface area (Å²) >= 11 is 0. The molecule has 1 aliphatic rings. The Morgan fingerprint density at radius 2 is 2.06 bits per heavy atom. The number of benzene rings is 2. The Bertz CT molecular complexity index is 599. The molecule has 2 aromatic carbocycles. The molecule has 1 aliphatic carbocycles. The monoisotopic (exact) mass is 226 g/mol. The smallest absolute Gasteiger partial charge is 0.303 e. The molecule has 2 heteroatoms. The van der Waals surface area contributed by atoms with Crippen LogP contribution in [-0.4, -0.2) is 11.1 Å². The van der Waals surface area contributed by atoms with Gasteiger partial charge in [0.05, 0.1) is 0 Å². The van der Waals surface area contributed by atoms with Crippen molar-refractivity contribution in [1.29, 1.82) is 0 Å². The fourth-order valence-corrected chi connectivity index (χ4v) is 2.81. The molecule has 0 radical (unpaired) electrons. The molecule has 0 unspecified atom stereocenters. The zero-order valence-corrected chi connectivity index (χ0v) is 9.57. The highest BCUT2D eigenvalue weighted by molar-refractivity contribution is 5.91. The predicted molar refractivity (Wildman–Crippen MR) is 67.3 cm³/mol. The summed E-state index contributed by atoms with van der Waals surface area (Å²) in [5, 5.41) is 11.4. The van der Waals surface area contributed by atoms with Gasteiger partial charge in [-0.1, -0.05) is 30.3 Å².